The van der Waals surface area contributed by atoms with E-state index in [0.717, 1.165) is 12.1 Å². The molecule has 3 rings (SSSR count). The monoisotopic (exact) mass is 412 g/mol. The minimum absolute atomic E-state index is 0.0534. The lowest BCUT2D eigenvalue weighted by Gasteiger charge is -2.34. The molecule has 0 spiro atoms. The van der Waals surface area contributed by atoms with Crippen LogP contribution in [0.2, 0.25) is 0 Å². The first-order valence-corrected chi connectivity index (χ1v) is 8.49. The van der Waals surface area contributed by atoms with Crippen LogP contribution < -0.4 is 10.1 Å². The molecule has 0 radical (unpaired) electrons. The lowest BCUT2D eigenvalue weighted by atomic mass is 10.1. The van der Waals surface area contributed by atoms with Crippen LogP contribution >= 0.6 is 0 Å². The molecule has 1 fully saturated rings. The highest BCUT2D eigenvalue weighted by Gasteiger charge is 2.34. The zero-order valence-corrected chi connectivity index (χ0v) is 14.9. The first-order valence-electron chi connectivity index (χ1n) is 8.49. The van der Waals surface area contributed by atoms with Crippen LogP contribution in [0.25, 0.3) is 0 Å². The Balaban J connectivity index is 1.73. The van der Waals surface area contributed by atoms with Crippen LogP contribution in [0.5, 0.6) is 5.75 Å². The summed E-state index contributed by atoms with van der Waals surface area (Å²) in [5.41, 5.74) is 0.677. The summed E-state index contributed by atoms with van der Waals surface area (Å²) in [6, 6.07) is 9.23. The number of nitrogens with one attached hydrogen (secondary N) is 1. The molecule has 2 aromatic carbocycles. The van der Waals surface area contributed by atoms with Gasteiger partial charge in [0.05, 0.1) is 6.61 Å². The largest absolute Gasteiger partial charge is 0.573 e. The number of morpholine rings is 1. The zero-order chi connectivity index (χ0) is 21.0. The van der Waals surface area contributed by atoms with Crippen LogP contribution in [-0.4, -0.2) is 42.3 Å². The highest BCUT2D eigenvalue weighted by atomic mass is 19.4. The molecule has 0 bridgehead atoms. The molecule has 154 valence electrons. The van der Waals surface area contributed by atoms with Crippen molar-refractivity contribution in [2.24, 2.45) is 0 Å². The Hall–Kier alpha value is -3.14. The van der Waals surface area contributed by atoms with E-state index in [2.05, 4.69) is 10.1 Å². The van der Waals surface area contributed by atoms with E-state index >= 15 is 0 Å². The second-order valence-corrected chi connectivity index (χ2v) is 6.24. The first kappa shape index (κ1) is 20.6. The number of nitrogens with zero attached hydrogens (tertiary/aromatic N) is 1. The van der Waals surface area contributed by atoms with E-state index in [1.165, 1.54) is 41.3 Å². The maximum atomic E-state index is 13.1. The van der Waals surface area contributed by atoms with E-state index in [0.29, 0.717) is 5.56 Å². The first-order chi connectivity index (χ1) is 13.7. The van der Waals surface area contributed by atoms with Crippen molar-refractivity contribution in [2.45, 2.75) is 18.9 Å². The number of amides is 2. The van der Waals surface area contributed by atoms with Crippen LogP contribution in [-0.2, 0) is 20.9 Å². The number of carbonyl (C=O) groups excluding carboxylic acids is 2. The van der Waals surface area contributed by atoms with Gasteiger partial charge in [0, 0.05) is 18.3 Å². The predicted molar refractivity (Wildman–Crippen MR) is 93.3 cm³/mol. The van der Waals surface area contributed by atoms with Crippen molar-refractivity contribution in [3.8, 4) is 5.75 Å². The second-order valence-electron chi connectivity index (χ2n) is 6.24. The fraction of sp³-hybridized carbons (Fsp3) is 0.263. The molecule has 0 aromatic heterocycles. The van der Waals surface area contributed by atoms with Crippen molar-refractivity contribution in [2.75, 3.05) is 18.5 Å². The molecule has 1 aliphatic rings. The summed E-state index contributed by atoms with van der Waals surface area (Å²) in [7, 11) is 0. The molecule has 29 heavy (non-hydrogen) atoms. The van der Waals surface area contributed by atoms with E-state index in [1.54, 1.807) is 0 Å². The number of benzene rings is 2. The summed E-state index contributed by atoms with van der Waals surface area (Å²) >= 11 is 0. The Morgan fingerprint density at radius 3 is 2.62 bits per heavy atom. The smallest absolute Gasteiger partial charge is 0.406 e. The van der Waals surface area contributed by atoms with Gasteiger partial charge in [0.25, 0.3) is 0 Å². The Labute approximate surface area is 163 Å². The van der Waals surface area contributed by atoms with Crippen molar-refractivity contribution in [1.29, 1.82) is 0 Å². The van der Waals surface area contributed by atoms with Gasteiger partial charge < -0.3 is 19.7 Å². The summed E-state index contributed by atoms with van der Waals surface area (Å²) in [5.74, 6) is -1.99. The topological polar surface area (TPSA) is 67.9 Å². The van der Waals surface area contributed by atoms with Crippen molar-refractivity contribution in [3.05, 3.63) is 59.9 Å². The van der Waals surface area contributed by atoms with Gasteiger partial charge >= 0.3 is 6.36 Å². The van der Waals surface area contributed by atoms with Gasteiger partial charge in [-0.2, -0.15) is 0 Å². The van der Waals surface area contributed by atoms with Crippen molar-refractivity contribution < 1.29 is 36.6 Å². The Morgan fingerprint density at radius 1 is 1.21 bits per heavy atom. The second kappa shape index (κ2) is 8.48. The lowest BCUT2D eigenvalue weighted by molar-refractivity contribution is -0.274. The standard InChI is InChI=1S/C19H16F4N2O4/c20-13-6-4-12(5-7-13)9-25-16(10-28-11-17(25)26)18(27)24-14-2-1-3-15(8-14)29-19(21,22)23/h1-8,16H,9-11H2,(H,24,27)/t16-/m0/s1. The average molecular weight is 412 g/mol. The van der Waals surface area contributed by atoms with Gasteiger partial charge in [-0.1, -0.05) is 18.2 Å². The van der Waals surface area contributed by atoms with Crippen molar-refractivity contribution >= 4 is 17.5 Å². The minimum atomic E-state index is -4.86. The number of hydrogen-bond acceptors (Lipinski definition) is 4. The Morgan fingerprint density at radius 2 is 1.93 bits per heavy atom. The van der Waals surface area contributed by atoms with Crippen LogP contribution in [0.1, 0.15) is 5.56 Å². The highest BCUT2D eigenvalue weighted by molar-refractivity contribution is 5.98. The highest BCUT2D eigenvalue weighted by Crippen LogP contribution is 2.25. The third-order valence-corrected chi connectivity index (χ3v) is 4.10. The maximum absolute atomic E-state index is 13.1. The van der Waals surface area contributed by atoms with Crippen LogP contribution in [0.3, 0.4) is 0 Å². The molecule has 1 atom stereocenters. The lowest BCUT2D eigenvalue weighted by Crippen LogP contribution is -2.54. The number of ether oxygens (including phenoxy) is 2. The van der Waals surface area contributed by atoms with Crippen molar-refractivity contribution in [1.82, 2.24) is 4.90 Å². The molecule has 1 N–H and O–H groups in total. The number of alkyl halides is 3. The Kier molecular flexibility index (Phi) is 6.02. The van der Waals surface area contributed by atoms with E-state index < -0.39 is 35.8 Å². The SMILES string of the molecule is O=C(Nc1cccc(OC(F)(F)F)c1)[C@@H]1COCC(=O)N1Cc1ccc(F)cc1. The summed E-state index contributed by atoms with van der Waals surface area (Å²) < 4.78 is 59.1. The average Bonchev–Trinajstić information content (AvgIpc) is 2.64. The fourth-order valence-electron chi connectivity index (χ4n) is 2.80. The number of halogens is 4. The van der Waals surface area contributed by atoms with Gasteiger partial charge in [-0.25, -0.2) is 4.39 Å². The zero-order valence-electron chi connectivity index (χ0n) is 14.9. The fourth-order valence-corrected chi connectivity index (χ4v) is 2.80. The molecular formula is C19H16F4N2O4. The number of carbonyl (C=O) groups is 2. The summed E-state index contributed by atoms with van der Waals surface area (Å²) in [6.07, 6.45) is -4.86. The number of anilines is 1. The summed E-state index contributed by atoms with van der Waals surface area (Å²) in [4.78, 5) is 26.2. The van der Waals surface area contributed by atoms with Crippen molar-refractivity contribution in [3.63, 3.8) is 0 Å². The minimum Gasteiger partial charge on any atom is -0.406 e. The molecule has 2 amide bonds. The normalized spacial score (nSPS) is 17.2. The quantitative estimate of drug-likeness (QED) is 0.767. The molecule has 6 nitrogen and oxygen atoms in total. The molecule has 0 aliphatic carbocycles. The molecule has 2 aromatic rings. The van der Waals surface area contributed by atoms with Crippen LogP contribution in [0.15, 0.2) is 48.5 Å². The molecule has 1 heterocycles. The van der Waals surface area contributed by atoms with E-state index in [-0.39, 0.29) is 25.4 Å². The van der Waals surface area contributed by atoms with Crippen LogP contribution in [0, 0.1) is 5.82 Å². The van der Waals surface area contributed by atoms with Gasteiger partial charge in [0.15, 0.2) is 0 Å². The van der Waals surface area contributed by atoms with Gasteiger partial charge in [0.1, 0.15) is 24.2 Å². The van der Waals surface area contributed by atoms with Gasteiger partial charge in [0.2, 0.25) is 11.8 Å². The van der Waals surface area contributed by atoms with E-state index in [4.69, 9.17) is 4.74 Å². The maximum Gasteiger partial charge on any atom is 0.573 e. The Bertz CT molecular complexity index is 887. The molecule has 10 heteroatoms. The molecular weight excluding hydrogens is 396 g/mol. The van der Waals surface area contributed by atoms with Crippen LogP contribution in [0.4, 0.5) is 23.2 Å². The van der Waals surface area contributed by atoms with E-state index in [9.17, 15) is 27.2 Å². The molecule has 1 aliphatic heterocycles. The molecule has 0 unspecified atom stereocenters. The molecule has 1 saturated heterocycles. The van der Waals surface area contributed by atoms with Gasteiger partial charge in [-0.15, -0.1) is 13.2 Å². The third-order valence-electron chi connectivity index (χ3n) is 4.10. The molecule has 0 saturated carbocycles. The van der Waals surface area contributed by atoms with Gasteiger partial charge in [-0.05, 0) is 29.8 Å². The summed E-state index contributed by atoms with van der Waals surface area (Å²) in [6.45, 7) is -0.241. The number of rotatable bonds is 5. The summed E-state index contributed by atoms with van der Waals surface area (Å²) in [5, 5.41) is 2.46. The van der Waals surface area contributed by atoms with E-state index in [1.807, 2.05) is 0 Å². The predicted octanol–water partition coefficient (Wildman–Crippen LogP) is 3.09. The number of hydrogen-bond donors (Lipinski definition) is 1. The van der Waals surface area contributed by atoms with Gasteiger partial charge in [-0.3, -0.25) is 9.59 Å². The third kappa shape index (κ3) is 5.67.